The Bertz CT molecular complexity index is 610. The Morgan fingerprint density at radius 1 is 1.38 bits per heavy atom. The molecule has 21 heavy (non-hydrogen) atoms. The van der Waals surface area contributed by atoms with Gasteiger partial charge >= 0.3 is 0 Å². The number of aromatic nitrogens is 2. The van der Waals surface area contributed by atoms with Crippen LogP contribution >= 0.6 is 27.5 Å². The highest BCUT2D eigenvalue weighted by Crippen LogP contribution is 2.31. The predicted molar refractivity (Wildman–Crippen MR) is 91.9 cm³/mol. The molecule has 1 aromatic heterocycles. The third-order valence-electron chi connectivity index (χ3n) is 3.48. The summed E-state index contributed by atoms with van der Waals surface area (Å²) in [5.74, 6) is 0. The van der Waals surface area contributed by atoms with E-state index in [9.17, 15) is 0 Å². The first-order chi connectivity index (χ1) is 10.1. The molecule has 2 aromatic rings. The summed E-state index contributed by atoms with van der Waals surface area (Å²) in [6.07, 6.45) is 2.92. The zero-order valence-corrected chi connectivity index (χ0v) is 15.0. The van der Waals surface area contributed by atoms with E-state index in [0.29, 0.717) is 0 Å². The van der Waals surface area contributed by atoms with Gasteiger partial charge in [-0.3, -0.25) is 4.68 Å². The summed E-state index contributed by atoms with van der Waals surface area (Å²) in [5.41, 5.74) is 3.40. The number of hydrogen-bond donors (Lipinski definition) is 1. The standard InChI is InChI=1S/C16H21BrClN3/c1-4-8-21-16(13(17)10-20-21)15(19-5-2)12-7-6-11(3)14(18)9-12/h6-7,9-10,15,19H,4-5,8H2,1-3H3. The van der Waals surface area contributed by atoms with Gasteiger partial charge in [-0.15, -0.1) is 0 Å². The van der Waals surface area contributed by atoms with Crippen molar-refractivity contribution in [2.45, 2.75) is 39.8 Å². The zero-order valence-electron chi connectivity index (χ0n) is 12.7. The highest BCUT2D eigenvalue weighted by Gasteiger charge is 2.21. The van der Waals surface area contributed by atoms with E-state index < -0.39 is 0 Å². The molecule has 1 N–H and O–H groups in total. The molecule has 0 aliphatic carbocycles. The molecule has 2 rings (SSSR count). The molecule has 1 aromatic carbocycles. The van der Waals surface area contributed by atoms with Crippen LogP contribution in [-0.4, -0.2) is 16.3 Å². The Hall–Kier alpha value is -0.840. The summed E-state index contributed by atoms with van der Waals surface area (Å²) in [6, 6.07) is 6.32. The molecular formula is C16H21BrClN3. The van der Waals surface area contributed by atoms with Gasteiger partial charge in [-0.2, -0.15) is 5.10 Å². The summed E-state index contributed by atoms with van der Waals surface area (Å²) in [6.45, 7) is 8.07. The number of aryl methyl sites for hydroxylation is 2. The van der Waals surface area contributed by atoms with E-state index in [1.54, 1.807) is 0 Å². The maximum absolute atomic E-state index is 6.30. The van der Waals surface area contributed by atoms with Gasteiger partial charge in [0.05, 0.1) is 22.4 Å². The Morgan fingerprint density at radius 2 is 2.14 bits per heavy atom. The fourth-order valence-corrected chi connectivity index (χ4v) is 3.13. The second-order valence-corrected chi connectivity index (χ2v) is 6.36. The summed E-state index contributed by atoms with van der Waals surface area (Å²) < 4.78 is 3.09. The second kappa shape index (κ2) is 7.43. The van der Waals surface area contributed by atoms with Gasteiger partial charge in [-0.05, 0) is 53.0 Å². The number of rotatable bonds is 6. The molecule has 0 radical (unpaired) electrons. The van der Waals surface area contributed by atoms with E-state index in [1.807, 2.05) is 19.2 Å². The minimum Gasteiger partial charge on any atom is -0.305 e. The van der Waals surface area contributed by atoms with Gasteiger partial charge in [0, 0.05) is 11.6 Å². The smallest absolute Gasteiger partial charge is 0.0760 e. The van der Waals surface area contributed by atoms with Crippen molar-refractivity contribution in [3.05, 3.63) is 50.7 Å². The van der Waals surface area contributed by atoms with Crippen molar-refractivity contribution in [3.63, 3.8) is 0 Å². The van der Waals surface area contributed by atoms with E-state index >= 15 is 0 Å². The molecule has 1 unspecified atom stereocenters. The van der Waals surface area contributed by atoms with Crippen LogP contribution in [0, 0.1) is 6.92 Å². The van der Waals surface area contributed by atoms with Gasteiger partial charge in [0.25, 0.3) is 0 Å². The van der Waals surface area contributed by atoms with Crippen molar-refractivity contribution < 1.29 is 0 Å². The predicted octanol–water partition coefficient (Wildman–Crippen LogP) is 4.72. The van der Waals surface area contributed by atoms with Crippen molar-refractivity contribution in [2.24, 2.45) is 0 Å². The molecule has 1 atom stereocenters. The quantitative estimate of drug-likeness (QED) is 0.797. The fraction of sp³-hybridized carbons (Fsp3) is 0.438. The molecule has 3 nitrogen and oxygen atoms in total. The Labute approximate surface area is 139 Å². The van der Waals surface area contributed by atoms with Crippen molar-refractivity contribution in [1.29, 1.82) is 0 Å². The molecule has 0 bridgehead atoms. The lowest BCUT2D eigenvalue weighted by Gasteiger charge is -2.21. The van der Waals surface area contributed by atoms with Crippen LogP contribution in [0.15, 0.2) is 28.9 Å². The van der Waals surface area contributed by atoms with Gasteiger partial charge < -0.3 is 5.32 Å². The number of benzene rings is 1. The summed E-state index contributed by atoms with van der Waals surface area (Å²) in [4.78, 5) is 0. The van der Waals surface area contributed by atoms with Crippen molar-refractivity contribution in [2.75, 3.05) is 6.54 Å². The van der Waals surface area contributed by atoms with Crippen molar-refractivity contribution >= 4 is 27.5 Å². The third-order valence-corrected chi connectivity index (χ3v) is 4.50. The Morgan fingerprint density at radius 3 is 2.76 bits per heavy atom. The first-order valence-electron chi connectivity index (χ1n) is 7.29. The molecule has 0 aliphatic heterocycles. The second-order valence-electron chi connectivity index (χ2n) is 5.10. The SMILES string of the molecule is CCCn1ncc(Br)c1C(NCC)c1ccc(C)c(Cl)c1. The number of hydrogen-bond acceptors (Lipinski definition) is 2. The van der Waals surface area contributed by atoms with E-state index in [-0.39, 0.29) is 6.04 Å². The minimum absolute atomic E-state index is 0.0801. The molecule has 0 amide bonds. The highest BCUT2D eigenvalue weighted by molar-refractivity contribution is 9.10. The van der Waals surface area contributed by atoms with Crippen LogP contribution in [0.2, 0.25) is 5.02 Å². The lowest BCUT2D eigenvalue weighted by Crippen LogP contribution is -2.25. The summed E-state index contributed by atoms with van der Waals surface area (Å²) in [7, 11) is 0. The van der Waals surface area contributed by atoms with Gasteiger partial charge in [0.1, 0.15) is 0 Å². The average Bonchev–Trinajstić information content (AvgIpc) is 2.81. The van der Waals surface area contributed by atoms with Crippen LogP contribution in [0.4, 0.5) is 0 Å². The lowest BCUT2D eigenvalue weighted by atomic mass is 10.0. The molecule has 114 valence electrons. The number of halogens is 2. The van der Waals surface area contributed by atoms with Gasteiger partial charge in [-0.25, -0.2) is 0 Å². The molecule has 5 heteroatoms. The van der Waals surface area contributed by atoms with Gasteiger partial charge in [-0.1, -0.05) is 37.6 Å². The van der Waals surface area contributed by atoms with Crippen LogP contribution < -0.4 is 5.32 Å². The topological polar surface area (TPSA) is 29.9 Å². The maximum atomic E-state index is 6.30. The highest BCUT2D eigenvalue weighted by atomic mass is 79.9. The zero-order chi connectivity index (χ0) is 15.4. The fourth-order valence-electron chi connectivity index (χ4n) is 2.41. The third kappa shape index (κ3) is 3.68. The molecule has 0 spiro atoms. The molecule has 0 saturated carbocycles. The van der Waals surface area contributed by atoms with E-state index in [2.05, 4.69) is 57.0 Å². The van der Waals surface area contributed by atoms with E-state index in [1.165, 1.54) is 0 Å². The Balaban J connectivity index is 2.47. The minimum atomic E-state index is 0.0801. The first-order valence-corrected chi connectivity index (χ1v) is 8.46. The lowest BCUT2D eigenvalue weighted by molar-refractivity contribution is 0.519. The molecule has 1 heterocycles. The monoisotopic (exact) mass is 369 g/mol. The average molecular weight is 371 g/mol. The maximum Gasteiger partial charge on any atom is 0.0760 e. The molecule has 0 aliphatic rings. The van der Waals surface area contributed by atoms with Crippen molar-refractivity contribution in [1.82, 2.24) is 15.1 Å². The summed E-state index contributed by atoms with van der Waals surface area (Å²) in [5, 5.41) is 8.81. The van der Waals surface area contributed by atoms with Crippen molar-refractivity contribution in [3.8, 4) is 0 Å². The Kier molecular flexibility index (Phi) is 5.85. The molecule has 0 saturated heterocycles. The number of nitrogens with zero attached hydrogens (tertiary/aromatic N) is 2. The summed E-state index contributed by atoms with van der Waals surface area (Å²) >= 11 is 9.93. The van der Waals surface area contributed by atoms with E-state index in [4.69, 9.17) is 11.6 Å². The number of nitrogens with one attached hydrogen (secondary N) is 1. The van der Waals surface area contributed by atoms with Crippen LogP contribution in [0.5, 0.6) is 0 Å². The van der Waals surface area contributed by atoms with Crippen LogP contribution in [-0.2, 0) is 6.54 Å². The van der Waals surface area contributed by atoms with E-state index in [0.717, 1.165) is 45.8 Å². The molecular weight excluding hydrogens is 350 g/mol. The van der Waals surface area contributed by atoms with Gasteiger partial charge in [0.2, 0.25) is 0 Å². The largest absolute Gasteiger partial charge is 0.305 e. The first kappa shape index (κ1) is 16.5. The van der Waals surface area contributed by atoms with Crippen LogP contribution in [0.25, 0.3) is 0 Å². The van der Waals surface area contributed by atoms with Gasteiger partial charge in [0.15, 0.2) is 0 Å². The molecule has 0 fully saturated rings. The van der Waals surface area contributed by atoms with Crippen LogP contribution in [0.1, 0.15) is 43.1 Å². The van der Waals surface area contributed by atoms with Crippen LogP contribution in [0.3, 0.4) is 0 Å². The normalized spacial score (nSPS) is 12.6.